The zero-order chi connectivity index (χ0) is 13.7. The van der Waals surface area contributed by atoms with E-state index in [1.54, 1.807) is 0 Å². The first kappa shape index (κ1) is 15.1. The smallest absolute Gasteiger partial charge is 0.338 e. The third-order valence-electron chi connectivity index (χ3n) is 2.47. The molecule has 100 valence electrons. The second kappa shape index (κ2) is 6.86. The van der Waals surface area contributed by atoms with Gasteiger partial charge < -0.3 is 10.5 Å². The van der Waals surface area contributed by atoms with Crippen LogP contribution < -0.4 is 5.73 Å². The quantitative estimate of drug-likeness (QED) is 0.503. The molecule has 3 nitrogen and oxygen atoms in total. The molecule has 0 fully saturated rings. The number of hydrogen-bond donors (Lipinski definition) is 1. The van der Waals surface area contributed by atoms with Crippen molar-refractivity contribution < 1.29 is 9.53 Å². The molecule has 1 aromatic carbocycles. The lowest BCUT2D eigenvalue weighted by Crippen LogP contribution is -2.07. The Morgan fingerprint density at radius 1 is 1.33 bits per heavy atom. The SMILES string of the molecule is CC(C)CCCOC(=O)c1cc(Cl)c(N)c(Cl)c1. The van der Waals surface area contributed by atoms with Gasteiger partial charge in [-0.15, -0.1) is 0 Å². The molecule has 5 heteroatoms. The van der Waals surface area contributed by atoms with Gasteiger partial charge in [-0.3, -0.25) is 0 Å². The minimum absolute atomic E-state index is 0.261. The highest BCUT2D eigenvalue weighted by atomic mass is 35.5. The first-order chi connectivity index (χ1) is 8.41. The zero-order valence-corrected chi connectivity index (χ0v) is 12.0. The van der Waals surface area contributed by atoms with Crippen LogP contribution >= 0.6 is 23.2 Å². The number of anilines is 1. The maximum Gasteiger partial charge on any atom is 0.338 e. The fourth-order valence-electron chi connectivity index (χ4n) is 1.44. The second-order valence-electron chi connectivity index (χ2n) is 4.53. The Morgan fingerprint density at radius 2 is 1.89 bits per heavy atom. The summed E-state index contributed by atoms with van der Waals surface area (Å²) in [5.74, 6) is 0.173. The van der Waals surface area contributed by atoms with E-state index in [9.17, 15) is 4.79 Å². The highest BCUT2D eigenvalue weighted by Crippen LogP contribution is 2.29. The molecule has 0 unspecified atom stereocenters. The lowest BCUT2D eigenvalue weighted by atomic mass is 10.1. The van der Waals surface area contributed by atoms with Crippen molar-refractivity contribution in [1.82, 2.24) is 0 Å². The van der Waals surface area contributed by atoms with Gasteiger partial charge in [0.15, 0.2) is 0 Å². The first-order valence-corrected chi connectivity index (χ1v) is 6.59. The van der Waals surface area contributed by atoms with E-state index in [4.69, 9.17) is 33.7 Å². The van der Waals surface area contributed by atoms with Crippen molar-refractivity contribution >= 4 is 34.9 Å². The van der Waals surface area contributed by atoms with Crippen LogP contribution in [0.25, 0.3) is 0 Å². The zero-order valence-electron chi connectivity index (χ0n) is 10.5. The normalized spacial score (nSPS) is 10.7. The van der Waals surface area contributed by atoms with E-state index in [0.717, 1.165) is 12.8 Å². The standard InChI is InChI=1S/C13H17Cl2NO2/c1-8(2)4-3-5-18-13(17)9-6-10(14)12(16)11(15)7-9/h6-8H,3-5,16H2,1-2H3. The maximum atomic E-state index is 11.7. The summed E-state index contributed by atoms with van der Waals surface area (Å²) >= 11 is 11.7. The van der Waals surface area contributed by atoms with E-state index in [1.165, 1.54) is 12.1 Å². The van der Waals surface area contributed by atoms with E-state index in [-0.39, 0.29) is 15.7 Å². The molecule has 0 aliphatic heterocycles. The van der Waals surface area contributed by atoms with Crippen LogP contribution in [0.1, 0.15) is 37.0 Å². The van der Waals surface area contributed by atoms with Gasteiger partial charge in [-0.2, -0.15) is 0 Å². The molecule has 2 N–H and O–H groups in total. The van der Waals surface area contributed by atoms with E-state index in [2.05, 4.69) is 13.8 Å². The van der Waals surface area contributed by atoms with Gasteiger partial charge in [-0.1, -0.05) is 37.0 Å². The minimum Gasteiger partial charge on any atom is -0.462 e. The van der Waals surface area contributed by atoms with E-state index in [0.29, 0.717) is 18.1 Å². The average Bonchev–Trinajstić information content (AvgIpc) is 2.30. The number of benzene rings is 1. The molecule has 0 aromatic heterocycles. The maximum absolute atomic E-state index is 11.7. The fraction of sp³-hybridized carbons (Fsp3) is 0.462. The second-order valence-corrected chi connectivity index (χ2v) is 5.34. The predicted octanol–water partition coefficient (Wildman–Crippen LogP) is 4.17. The molecule has 1 aromatic rings. The summed E-state index contributed by atoms with van der Waals surface area (Å²) < 4.78 is 5.13. The van der Waals surface area contributed by atoms with Crippen LogP contribution in [0.4, 0.5) is 5.69 Å². The summed E-state index contributed by atoms with van der Waals surface area (Å²) in [6, 6.07) is 2.93. The van der Waals surface area contributed by atoms with Crippen molar-refractivity contribution in [2.45, 2.75) is 26.7 Å². The number of ether oxygens (including phenoxy) is 1. The molecule has 0 amide bonds. The molecule has 0 saturated carbocycles. The summed E-state index contributed by atoms with van der Waals surface area (Å²) in [5, 5.41) is 0.522. The molecule has 0 aliphatic rings. The number of carbonyl (C=O) groups excluding carboxylic acids is 1. The van der Waals surface area contributed by atoms with Gasteiger partial charge in [0, 0.05) is 0 Å². The van der Waals surface area contributed by atoms with Gasteiger partial charge in [-0.25, -0.2) is 4.79 Å². The van der Waals surface area contributed by atoms with E-state index >= 15 is 0 Å². The van der Waals surface area contributed by atoms with Crippen LogP contribution in [-0.4, -0.2) is 12.6 Å². The Labute approximate surface area is 117 Å². The molecular weight excluding hydrogens is 273 g/mol. The average molecular weight is 290 g/mol. The topological polar surface area (TPSA) is 52.3 Å². The number of nitrogen functional groups attached to an aromatic ring is 1. The van der Waals surface area contributed by atoms with Gasteiger partial charge in [-0.05, 0) is 30.9 Å². The Kier molecular flexibility index (Phi) is 5.76. The number of carbonyl (C=O) groups is 1. The van der Waals surface area contributed by atoms with Crippen LogP contribution in [0.5, 0.6) is 0 Å². The van der Waals surface area contributed by atoms with Crippen molar-refractivity contribution in [3.63, 3.8) is 0 Å². The molecule has 0 heterocycles. The van der Waals surface area contributed by atoms with Crippen molar-refractivity contribution in [2.24, 2.45) is 5.92 Å². The van der Waals surface area contributed by atoms with Gasteiger partial charge in [0.05, 0.1) is 27.9 Å². The van der Waals surface area contributed by atoms with Crippen LogP contribution in [0.2, 0.25) is 10.0 Å². The number of nitrogens with two attached hydrogens (primary N) is 1. The molecule has 1 rings (SSSR count). The largest absolute Gasteiger partial charge is 0.462 e. The summed E-state index contributed by atoms with van der Waals surface area (Å²) in [6.07, 6.45) is 1.87. The van der Waals surface area contributed by atoms with Crippen molar-refractivity contribution in [3.8, 4) is 0 Å². The van der Waals surface area contributed by atoms with Gasteiger partial charge >= 0.3 is 5.97 Å². The summed E-state index contributed by atoms with van der Waals surface area (Å²) in [4.78, 5) is 11.7. The molecular formula is C13H17Cl2NO2. The molecule has 0 atom stereocenters. The summed E-state index contributed by atoms with van der Waals surface area (Å²) in [7, 11) is 0. The molecule has 18 heavy (non-hydrogen) atoms. The van der Waals surface area contributed by atoms with E-state index in [1.807, 2.05) is 0 Å². The Morgan fingerprint density at radius 3 is 2.39 bits per heavy atom. The van der Waals surface area contributed by atoms with E-state index < -0.39 is 5.97 Å². The predicted molar refractivity (Wildman–Crippen MR) is 75.2 cm³/mol. The van der Waals surface area contributed by atoms with Crippen molar-refractivity contribution in [2.75, 3.05) is 12.3 Å². The first-order valence-electron chi connectivity index (χ1n) is 5.83. The molecule has 0 radical (unpaired) electrons. The summed E-state index contributed by atoms with van der Waals surface area (Å²) in [6.45, 7) is 4.65. The lowest BCUT2D eigenvalue weighted by Gasteiger charge is -2.08. The monoisotopic (exact) mass is 289 g/mol. The number of hydrogen-bond acceptors (Lipinski definition) is 3. The van der Waals surface area contributed by atoms with Gasteiger partial charge in [0.25, 0.3) is 0 Å². The van der Waals surface area contributed by atoms with Crippen LogP contribution in [0, 0.1) is 5.92 Å². The Bertz CT molecular complexity index is 410. The van der Waals surface area contributed by atoms with Crippen molar-refractivity contribution in [3.05, 3.63) is 27.7 Å². The highest BCUT2D eigenvalue weighted by Gasteiger charge is 2.12. The number of esters is 1. The fourth-order valence-corrected chi connectivity index (χ4v) is 1.93. The third-order valence-corrected chi connectivity index (χ3v) is 3.10. The summed E-state index contributed by atoms with van der Waals surface area (Å²) in [5.41, 5.74) is 6.19. The lowest BCUT2D eigenvalue weighted by molar-refractivity contribution is 0.0495. The number of halogens is 2. The minimum atomic E-state index is -0.428. The van der Waals surface area contributed by atoms with Crippen LogP contribution in [0.15, 0.2) is 12.1 Å². The molecule has 0 aliphatic carbocycles. The van der Waals surface area contributed by atoms with Crippen LogP contribution in [0.3, 0.4) is 0 Å². The van der Waals surface area contributed by atoms with Crippen LogP contribution in [-0.2, 0) is 4.74 Å². The molecule has 0 bridgehead atoms. The third kappa shape index (κ3) is 4.39. The van der Waals surface area contributed by atoms with Gasteiger partial charge in [0.1, 0.15) is 0 Å². The van der Waals surface area contributed by atoms with Crippen molar-refractivity contribution in [1.29, 1.82) is 0 Å². The van der Waals surface area contributed by atoms with Gasteiger partial charge in [0.2, 0.25) is 0 Å². The Balaban J connectivity index is 2.57. The highest BCUT2D eigenvalue weighted by molar-refractivity contribution is 6.39. The Hall–Kier alpha value is -0.930. The molecule has 0 saturated heterocycles. The number of rotatable bonds is 5. The molecule has 0 spiro atoms.